The average molecular weight is 247 g/mol. The number of rotatable bonds is 3. The van der Waals surface area contributed by atoms with E-state index in [0.717, 1.165) is 29.0 Å². The van der Waals surface area contributed by atoms with Crippen LogP contribution in [0.4, 0.5) is 0 Å². The van der Waals surface area contributed by atoms with Crippen LogP contribution in [0.25, 0.3) is 11.3 Å². The van der Waals surface area contributed by atoms with Crippen LogP contribution in [0.5, 0.6) is 5.75 Å². The molecule has 17 heavy (non-hydrogen) atoms. The number of hydrogen-bond donors (Lipinski definition) is 1. The molecule has 0 atom stereocenters. The van der Waals surface area contributed by atoms with Gasteiger partial charge in [-0.25, -0.2) is 4.98 Å². The van der Waals surface area contributed by atoms with Gasteiger partial charge in [0.25, 0.3) is 0 Å². The van der Waals surface area contributed by atoms with Gasteiger partial charge in [0.15, 0.2) is 0 Å². The van der Waals surface area contributed by atoms with Gasteiger partial charge >= 0.3 is 0 Å². The topological polar surface area (TPSA) is 50.8 Å². The fourth-order valence-electron chi connectivity index (χ4n) is 1.68. The van der Waals surface area contributed by atoms with Gasteiger partial charge in [-0.05, 0) is 12.5 Å². The summed E-state index contributed by atoms with van der Waals surface area (Å²) < 4.78 is 5.79. The molecule has 0 aromatic carbocycles. The largest absolute Gasteiger partial charge is 0.495 e. The van der Waals surface area contributed by atoms with Crippen molar-refractivity contribution in [3.05, 3.63) is 35.0 Å². The molecule has 4 nitrogen and oxygen atoms in total. The Balaban J connectivity index is 2.59. The van der Waals surface area contributed by atoms with Gasteiger partial charge < -0.3 is 9.72 Å². The Kier molecular flexibility index (Phi) is 3.49. The highest BCUT2D eigenvalue weighted by Crippen LogP contribution is 2.24. The van der Waals surface area contributed by atoms with Crippen molar-refractivity contribution < 1.29 is 4.74 Å². The van der Waals surface area contributed by atoms with Crippen molar-refractivity contribution in [3.63, 3.8) is 0 Å². The zero-order valence-corrected chi connectivity index (χ0v) is 10.5. The van der Waals surface area contributed by atoms with Crippen LogP contribution in [-0.2, 0) is 6.42 Å². The number of aromatic nitrogens is 3. The molecule has 2 rings (SSSR count). The summed E-state index contributed by atoms with van der Waals surface area (Å²) in [4.78, 5) is 11.3. The molecule has 0 aliphatic heterocycles. The number of pyridine rings is 1. The van der Waals surface area contributed by atoms with Gasteiger partial charge in [0.1, 0.15) is 10.4 Å². The number of H-pyrrole nitrogens is 1. The van der Waals surface area contributed by atoms with Crippen molar-refractivity contribution in [1.29, 1.82) is 0 Å². The smallest absolute Gasteiger partial charge is 0.137 e. The lowest BCUT2D eigenvalue weighted by molar-refractivity contribution is 0.413. The van der Waals surface area contributed by atoms with Gasteiger partial charge in [-0.3, -0.25) is 4.98 Å². The Bertz CT molecular complexity index is 580. The summed E-state index contributed by atoms with van der Waals surface area (Å²) in [6, 6.07) is 1.92. The van der Waals surface area contributed by atoms with E-state index < -0.39 is 0 Å². The number of aromatic amines is 1. The maximum Gasteiger partial charge on any atom is 0.137 e. The summed E-state index contributed by atoms with van der Waals surface area (Å²) in [5.41, 5.74) is 2.94. The van der Waals surface area contributed by atoms with Crippen molar-refractivity contribution in [2.75, 3.05) is 7.11 Å². The van der Waals surface area contributed by atoms with E-state index in [4.69, 9.17) is 17.0 Å². The van der Waals surface area contributed by atoms with Crippen molar-refractivity contribution in [3.8, 4) is 17.0 Å². The minimum absolute atomic E-state index is 0.629. The molecule has 2 aromatic rings. The molecule has 0 radical (unpaired) electrons. The molecule has 2 aromatic heterocycles. The van der Waals surface area contributed by atoms with E-state index in [2.05, 4.69) is 21.9 Å². The SMILES string of the molecule is CCc1c(-c2cncc(OC)c2)[nH]cnc1=S. The molecule has 88 valence electrons. The highest BCUT2D eigenvalue weighted by molar-refractivity contribution is 7.71. The Morgan fingerprint density at radius 2 is 2.24 bits per heavy atom. The Hall–Kier alpha value is -1.75. The average Bonchev–Trinajstić information content (AvgIpc) is 2.38. The summed E-state index contributed by atoms with van der Waals surface area (Å²) in [5.74, 6) is 0.723. The Morgan fingerprint density at radius 1 is 1.41 bits per heavy atom. The molecule has 0 unspecified atom stereocenters. The molecule has 0 spiro atoms. The summed E-state index contributed by atoms with van der Waals surface area (Å²) in [5, 5.41) is 0. The molecule has 0 fully saturated rings. The Morgan fingerprint density at radius 3 is 2.94 bits per heavy atom. The predicted octanol–water partition coefficient (Wildman–Crippen LogP) is 2.77. The first-order valence-corrected chi connectivity index (χ1v) is 5.73. The fourth-order valence-corrected chi connectivity index (χ4v) is 1.98. The molecule has 0 saturated carbocycles. The molecule has 0 bridgehead atoms. The van der Waals surface area contributed by atoms with Gasteiger partial charge in [0.2, 0.25) is 0 Å². The number of nitrogens with one attached hydrogen (secondary N) is 1. The fraction of sp³-hybridized carbons (Fsp3) is 0.250. The highest BCUT2D eigenvalue weighted by atomic mass is 32.1. The zero-order chi connectivity index (χ0) is 12.3. The normalized spacial score (nSPS) is 10.2. The van der Waals surface area contributed by atoms with Crippen LogP contribution in [0.2, 0.25) is 0 Å². The number of hydrogen-bond acceptors (Lipinski definition) is 4. The lowest BCUT2D eigenvalue weighted by atomic mass is 10.1. The van der Waals surface area contributed by atoms with E-state index in [1.54, 1.807) is 25.8 Å². The highest BCUT2D eigenvalue weighted by Gasteiger charge is 2.07. The van der Waals surface area contributed by atoms with Crippen LogP contribution in [0.1, 0.15) is 12.5 Å². The van der Waals surface area contributed by atoms with E-state index in [1.165, 1.54) is 0 Å². The minimum Gasteiger partial charge on any atom is -0.495 e. The Labute approximate surface area is 105 Å². The second-order valence-corrected chi connectivity index (χ2v) is 3.91. The van der Waals surface area contributed by atoms with Crippen molar-refractivity contribution in [2.24, 2.45) is 0 Å². The molecular weight excluding hydrogens is 234 g/mol. The van der Waals surface area contributed by atoms with Crippen LogP contribution >= 0.6 is 12.2 Å². The molecule has 0 aliphatic carbocycles. The van der Waals surface area contributed by atoms with Crippen LogP contribution < -0.4 is 4.74 Å². The van der Waals surface area contributed by atoms with E-state index >= 15 is 0 Å². The lowest BCUT2D eigenvalue weighted by Gasteiger charge is -2.08. The summed E-state index contributed by atoms with van der Waals surface area (Å²) in [6.45, 7) is 2.05. The van der Waals surface area contributed by atoms with Crippen LogP contribution in [-0.4, -0.2) is 22.1 Å². The maximum atomic E-state index is 5.22. The first-order valence-electron chi connectivity index (χ1n) is 5.32. The van der Waals surface area contributed by atoms with Crippen molar-refractivity contribution >= 4 is 12.2 Å². The first-order chi connectivity index (χ1) is 8.26. The van der Waals surface area contributed by atoms with Gasteiger partial charge in [0.05, 0.1) is 25.3 Å². The standard InChI is InChI=1S/C12H13N3OS/c1-3-10-11(14-7-15-12(10)17)8-4-9(16-2)6-13-5-8/h4-7H,3H2,1-2H3,(H,14,15,17). The quantitative estimate of drug-likeness (QED) is 0.847. The number of methoxy groups -OCH3 is 1. The van der Waals surface area contributed by atoms with Crippen molar-refractivity contribution in [2.45, 2.75) is 13.3 Å². The minimum atomic E-state index is 0.629. The number of nitrogens with zero attached hydrogens (tertiary/aromatic N) is 2. The van der Waals surface area contributed by atoms with E-state index in [0.29, 0.717) is 4.64 Å². The third-order valence-electron chi connectivity index (χ3n) is 2.54. The summed E-state index contributed by atoms with van der Waals surface area (Å²) in [7, 11) is 1.62. The lowest BCUT2D eigenvalue weighted by Crippen LogP contribution is -1.96. The molecule has 5 heteroatoms. The summed E-state index contributed by atoms with van der Waals surface area (Å²) >= 11 is 5.22. The van der Waals surface area contributed by atoms with Gasteiger partial charge in [0, 0.05) is 17.3 Å². The predicted molar refractivity (Wildman–Crippen MR) is 68.6 cm³/mol. The van der Waals surface area contributed by atoms with E-state index in [-0.39, 0.29) is 0 Å². The third kappa shape index (κ3) is 2.34. The molecule has 0 amide bonds. The summed E-state index contributed by atoms with van der Waals surface area (Å²) in [6.07, 6.45) is 5.89. The number of ether oxygens (including phenoxy) is 1. The second-order valence-electron chi connectivity index (χ2n) is 3.53. The van der Waals surface area contributed by atoms with Gasteiger partial charge in [-0.15, -0.1) is 0 Å². The monoisotopic (exact) mass is 247 g/mol. The van der Waals surface area contributed by atoms with Crippen LogP contribution in [0.3, 0.4) is 0 Å². The van der Waals surface area contributed by atoms with Crippen molar-refractivity contribution in [1.82, 2.24) is 15.0 Å². The molecule has 0 aliphatic rings. The third-order valence-corrected chi connectivity index (χ3v) is 2.89. The van der Waals surface area contributed by atoms with E-state index in [9.17, 15) is 0 Å². The van der Waals surface area contributed by atoms with E-state index in [1.807, 2.05) is 6.07 Å². The van der Waals surface area contributed by atoms with Gasteiger partial charge in [-0.2, -0.15) is 0 Å². The first kappa shape index (κ1) is 11.7. The van der Waals surface area contributed by atoms with Gasteiger partial charge in [-0.1, -0.05) is 19.1 Å². The van der Waals surface area contributed by atoms with Crippen LogP contribution in [0, 0.1) is 4.64 Å². The van der Waals surface area contributed by atoms with Crippen LogP contribution in [0.15, 0.2) is 24.8 Å². The zero-order valence-electron chi connectivity index (χ0n) is 9.73. The maximum absolute atomic E-state index is 5.22. The molecular formula is C12H13N3OS. The molecule has 1 N–H and O–H groups in total. The molecule has 0 saturated heterocycles. The molecule has 2 heterocycles. The second kappa shape index (κ2) is 5.05.